The zero-order chi connectivity index (χ0) is 6.69. The molecule has 0 aliphatic rings. The van der Waals surface area contributed by atoms with Crippen LogP contribution in [0.1, 0.15) is 18.0 Å². The van der Waals surface area contributed by atoms with E-state index in [1.807, 2.05) is 0 Å². The molecule has 0 saturated carbocycles. The van der Waals surface area contributed by atoms with Crippen LogP contribution in [-0.2, 0) is 0 Å². The van der Waals surface area contributed by atoms with Crippen LogP contribution in [-0.4, -0.2) is 5.78 Å². The fourth-order valence-electron chi connectivity index (χ4n) is 0.519. The Morgan fingerprint density at radius 1 is 1.70 bits per heavy atom. The maximum Gasteiger partial charge on any atom is 0.220 e. The zero-order valence-corrected chi connectivity index (χ0v) is 4.83. The van der Waals surface area contributed by atoms with Gasteiger partial charge in [0, 0.05) is 0 Å². The fraction of sp³-hybridized carbons (Fsp3) is 0.125. The van der Waals surface area contributed by atoms with Crippen molar-refractivity contribution < 1.29 is 9.21 Å². The van der Waals surface area contributed by atoms with Crippen molar-refractivity contribution in [2.24, 2.45) is 0 Å². The first-order chi connectivity index (χ1) is 4.34. The van der Waals surface area contributed by atoms with Gasteiger partial charge in [-0.15, -0.1) is 0 Å². The van der Waals surface area contributed by atoms with E-state index in [0.717, 1.165) is 0 Å². The van der Waals surface area contributed by atoms with E-state index in [1.54, 1.807) is 12.1 Å². The minimum atomic E-state index is -0.181. The standard InChI is InChI=1S/C7H6O2.CH4/c1-2-6(8)7-4-3-5-9-7;/h2-5H,1H2;1H4. The van der Waals surface area contributed by atoms with Crippen LogP contribution in [0.4, 0.5) is 0 Å². The average Bonchev–Trinajstić information content (AvgIpc) is 2.37. The van der Waals surface area contributed by atoms with Gasteiger partial charge in [0.05, 0.1) is 6.26 Å². The Balaban J connectivity index is 0.000000810. The minimum Gasteiger partial charge on any atom is -0.461 e. The average molecular weight is 138 g/mol. The quantitative estimate of drug-likeness (QED) is 0.463. The van der Waals surface area contributed by atoms with Crippen molar-refractivity contribution in [1.29, 1.82) is 0 Å². The summed E-state index contributed by atoms with van der Waals surface area (Å²) in [5.74, 6) is 0.157. The minimum absolute atomic E-state index is 0. The van der Waals surface area contributed by atoms with Gasteiger partial charge in [-0.25, -0.2) is 0 Å². The fourth-order valence-corrected chi connectivity index (χ4v) is 0.519. The summed E-state index contributed by atoms with van der Waals surface area (Å²) >= 11 is 0. The molecular weight excluding hydrogens is 128 g/mol. The molecule has 2 heteroatoms. The van der Waals surface area contributed by atoms with Crippen LogP contribution < -0.4 is 0 Å². The van der Waals surface area contributed by atoms with Gasteiger partial charge in [-0.3, -0.25) is 4.79 Å². The Bertz CT molecular complexity index is 209. The molecule has 0 bridgehead atoms. The molecule has 0 unspecified atom stereocenters. The van der Waals surface area contributed by atoms with Crippen LogP contribution in [0.2, 0.25) is 0 Å². The van der Waals surface area contributed by atoms with Gasteiger partial charge in [0.25, 0.3) is 0 Å². The van der Waals surface area contributed by atoms with E-state index in [-0.39, 0.29) is 13.2 Å². The highest BCUT2D eigenvalue weighted by molar-refractivity contribution is 6.01. The van der Waals surface area contributed by atoms with Crippen molar-refractivity contribution in [2.75, 3.05) is 0 Å². The topological polar surface area (TPSA) is 30.2 Å². The Morgan fingerprint density at radius 3 is 2.80 bits per heavy atom. The lowest BCUT2D eigenvalue weighted by Gasteiger charge is -1.82. The molecular formula is C8H10O2. The summed E-state index contributed by atoms with van der Waals surface area (Å²) in [6, 6.07) is 3.26. The van der Waals surface area contributed by atoms with Crippen molar-refractivity contribution in [1.82, 2.24) is 0 Å². The molecule has 0 amide bonds. The summed E-state index contributed by atoms with van der Waals surface area (Å²) in [6.07, 6.45) is 2.68. The predicted molar refractivity (Wildman–Crippen MR) is 40.0 cm³/mol. The highest BCUT2D eigenvalue weighted by Crippen LogP contribution is 2.00. The molecule has 0 spiro atoms. The molecule has 54 valence electrons. The highest BCUT2D eigenvalue weighted by atomic mass is 16.3. The summed E-state index contributed by atoms with van der Waals surface area (Å²) in [6.45, 7) is 3.31. The molecule has 0 aliphatic carbocycles. The first-order valence-electron chi connectivity index (χ1n) is 2.55. The zero-order valence-electron chi connectivity index (χ0n) is 4.83. The normalized spacial score (nSPS) is 8.00. The second-order valence-electron chi connectivity index (χ2n) is 1.55. The van der Waals surface area contributed by atoms with E-state index >= 15 is 0 Å². The van der Waals surface area contributed by atoms with Crippen molar-refractivity contribution in [3.05, 3.63) is 36.8 Å². The van der Waals surface area contributed by atoms with E-state index in [9.17, 15) is 4.79 Å². The van der Waals surface area contributed by atoms with Gasteiger partial charge in [0.2, 0.25) is 5.78 Å². The monoisotopic (exact) mass is 138 g/mol. The van der Waals surface area contributed by atoms with Crippen LogP contribution in [0.3, 0.4) is 0 Å². The molecule has 0 N–H and O–H groups in total. The number of carbonyl (C=O) groups is 1. The number of rotatable bonds is 2. The van der Waals surface area contributed by atoms with E-state index in [0.29, 0.717) is 5.76 Å². The maximum absolute atomic E-state index is 10.7. The third-order valence-corrected chi connectivity index (χ3v) is 0.949. The third-order valence-electron chi connectivity index (χ3n) is 0.949. The highest BCUT2D eigenvalue weighted by Gasteiger charge is 2.00. The summed E-state index contributed by atoms with van der Waals surface area (Å²) < 4.78 is 4.77. The molecule has 0 aliphatic heterocycles. The first kappa shape index (κ1) is 8.69. The summed E-state index contributed by atoms with van der Waals surface area (Å²) in [5.41, 5.74) is 0. The number of allylic oxidation sites excluding steroid dienone is 1. The van der Waals surface area contributed by atoms with Crippen LogP contribution >= 0.6 is 0 Å². The molecule has 1 heterocycles. The second-order valence-corrected chi connectivity index (χ2v) is 1.55. The summed E-state index contributed by atoms with van der Waals surface area (Å²) in [7, 11) is 0. The molecule has 2 nitrogen and oxygen atoms in total. The summed E-state index contributed by atoms with van der Waals surface area (Å²) in [5, 5.41) is 0. The van der Waals surface area contributed by atoms with Crippen molar-refractivity contribution in [3.8, 4) is 0 Å². The van der Waals surface area contributed by atoms with Crippen LogP contribution in [0, 0.1) is 0 Å². The smallest absolute Gasteiger partial charge is 0.220 e. The van der Waals surface area contributed by atoms with E-state index in [2.05, 4.69) is 6.58 Å². The number of hydrogen-bond acceptors (Lipinski definition) is 2. The first-order valence-corrected chi connectivity index (χ1v) is 2.55. The van der Waals surface area contributed by atoms with Gasteiger partial charge in [-0.05, 0) is 18.2 Å². The predicted octanol–water partition coefficient (Wildman–Crippen LogP) is 2.28. The number of carbonyl (C=O) groups excluding carboxylic acids is 1. The van der Waals surface area contributed by atoms with Gasteiger partial charge < -0.3 is 4.42 Å². The lowest BCUT2D eigenvalue weighted by molar-refractivity contribution is 0.102. The molecule has 1 aromatic heterocycles. The maximum atomic E-state index is 10.7. The molecule has 0 saturated heterocycles. The molecule has 1 aromatic rings. The summed E-state index contributed by atoms with van der Waals surface area (Å²) in [4.78, 5) is 10.7. The van der Waals surface area contributed by atoms with Crippen LogP contribution in [0.25, 0.3) is 0 Å². The number of furan rings is 1. The molecule has 0 aromatic carbocycles. The Labute approximate surface area is 60.2 Å². The molecule has 0 atom stereocenters. The Hall–Kier alpha value is -1.31. The van der Waals surface area contributed by atoms with Crippen LogP contribution in [0.15, 0.2) is 35.5 Å². The third kappa shape index (κ3) is 1.58. The lowest BCUT2D eigenvalue weighted by Crippen LogP contribution is -1.88. The van der Waals surface area contributed by atoms with Crippen LogP contribution in [0.5, 0.6) is 0 Å². The molecule has 0 fully saturated rings. The molecule has 10 heavy (non-hydrogen) atoms. The Morgan fingerprint density at radius 2 is 2.40 bits per heavy atom. The number of hydrogen-bond donors (Lipinski definition) is 0. The van der Waals surface area contributed by atoms with Gasteiger partial charge in [0.1, 0.15) is 0 Å². The van der Waals surface area contributed by atoms with E-state index in [4.69, 9.17) is 4.42 Å². The van der Waals surface area contributed by atoms with Gasteiger partial charge in [0.15, 0.2) is 5.76 Å². The van der Waals surface area contributed by atoms with Gasteiger partial charge >= 0.3 is 0 Å². The Kier molecular flexibility index (Phi) is 3.19. The van der Waals surface area contributed by atoms with Crippen molar-refractivity contribution in [2.45, 2.75) is 7.43 Å². The van der Waals surface area contributed by atoms with Crippen molar-refractivity contribution in [3.63, 3.8) is 0 Å². The van der Waals surface area contributed by atoms with Gasteiger partial charge in [-0.1, -0.05) is 14.0 Å². The second kappa shape index (κ2) is 3.67. The van der Waals surface area contributed by atoms with E-state index in [1.165, 1.54) is 12.3 Å². The largest absolute Gasteiger partial charge is 0.461 e. The van der Waals surface area contributed by atoms with Crippen molar-refractivity contribution >= 4 is 5.78 Å². The lowest BCUT2D eigenvalue weighted by atomic mass is 10.3. The molecule has 1 rings (SSSR count). The number of ketones is 1. The van der Waals surface area contributed by atoms with E-state index < -0.39 is 0 Å². The molecule has 0 radical (unpaired) electrons. The SMILES string of the molecule is C.C=CC(=O)c1ccco1. The van der Waals surface area contributed by atoms with Gasteiger partial charge in [-0.2, -0.15) is 0 Å².